The summed E-state index contributed by atoms with van der Waals surface area (Å²) in [5.74, 6) is 1.86. The van der Waals surface area contributed by atoms with Gasteiger partial charge in [0.2, 0.25) is 0 Å². The average Bonchev–Trinajstić information content (AvgIpc) is 3.12. The molecule has 1 aromatic carbocycles. The summed E-state index contributed by atoms with van der Waals surface area (Å²) in [6, 6.07) is 5.64. The standard InChI is InChI=1S/C13H18O3/c1-3-16-12-8-10(6-7-11(12)15-2)13(14)9-4-5-9/h6-9,13-14H,3-5H2,1-2H3. The molecule has 88 valence electrons. The minimum atomic E-state index is -0.356. The molecule has 0 radical (unpaired) electrons. The van der Waals surface area contributed by atoms with E-state index in [1.165, 1.54) is 0 Å². The number of hydrogen-bond donors (Lipinski definition) is 1. The van der Waals surface area contributed by atoms with Gasteiger partial charge in [-0.25, -0.2) is 0 Å². The fourth-order valence-electron chi connectivity index (χ4n) is 1.83. The SMILES string of the molecule is CCOc1cc(C(O)C2CC2)ccc1OC. The summed E-state index contributed by atoms with van der Waals surface area (Å²) in [4.78, 5) is 0. The Balaban J connectivity index is 2.22. The van der Waals surface area contributed by atoms with E-state index in [0.29, 0.717) is 24.0 Å². The van der Waals surface area contributed by atoms with Crippen LogP contribution in [0.25, 0.3) is 0 Å². The van der Waals surface area contributed by atoms with E-state index in [2.05, 4.69) is 0 Å². The van der Waals surface area contributed by atoms with Crippen LogP contribution in [0.5, 0.6) is 11.5 Å². The monoisotopic (exact) mass is 222 g/mol. The molecular weight excluding hydrogens is 204 g/mol. The third-order valence-corrected chi connectivity index (χ3v) is 2.90. The van der Waals surface area contributed by atoms with E-state index in [1.807, 2.05) is 25.1 Å². The normalized spacial score (nSPS) is 16.9. The van der Waals surface area contributed by atoms with E-state index in [9.17, 15) is 5.11 Å². The summed E-state index contributed by atoms with van der Waals surface area (Å²) in [6.07, 6.45) is 1.89. The van der Waals surface area contributed by atoms with Crippen LogP contribution in [0.4, 0.5) is 0 Å². The molecule has 1 fully saturated rings. The highest BCUT2D eigenvalue weighted by atomic mass is 16.5. The number of rotatable bonds is 5. The predicted molar refractivity (Wildman–Crippen MR) is 61.8 cm³/mol. The molecule has 1 aliphatic rings. The summed E-state index contributed by atoms with van der Waals surface area (Å²) in [7, 11) is 1.62. The lowest BCUT2D eigenvalue weighted by molar-refractivity contribution is 0.153. The van der Waals surface area contributed by atoms with Crippen molar-refractivity contribution >= 4 is 0 Å². The lowest BCUT2D eigenvalue weighted by Gasteiger charge is -2.14. The van der Waals surface area contributed by atoms with Crippen molar-refractivity contribution in [2.75, 3.05) is 13.7 Å². The second kappa shape index (κ2) is 4.74. The third-order valence-electron chi connectivity index (χ3n) is 2.90. The zero-order chi connectivity index (χ0) is 11.5. The van der Waals surface area contributed by atoms with Crippen molar-refractivity contribution in [3.63, 3.8) is 0 Å². The topological polar surface area (TPSA) is 38.7 Å². The van der Waals surface area contributed by atoms with Crippen LogP contribution in [-0.2, 0) is 0 Å². The Labute approximate surface area is 96.0 Å². The fourth-order valence-corrected chi connectivity index (χ4v) is 1.83. The van der Waals surface area contributed by atoms with Gasteiger partial charge in [-0.3, -0.25) is 0 Å². The van der Waals surface area contributed by atoms with Crippen molar-refractivity contribution in [3.05, 3.63) is 23.8 Å². The lowest BCUT2D eigenvalue weighted by atomic mass is 10.1. The molecule has 1 aliphatic carbocycles. The van der Waals surface area contributed by atoms with Crippen LogP contribution in [0.2, 0.25) is 0 Å². The number of aliphatic hydroxyl groups is 1. The molecule has 16 heavy (non-hydrogen) atoms. The Morgan fingerprint density at radius 3 is 2.69 bits per heavy atom. The molecule has 3 heteroatoms. The summed E-state index contributed by atoms with van der Waals surface area (Å²) < 4.78 is 10.7. The summed E-state index contributed by atoms with van der Waals surface area (Å²) in [5.41, 5.74) is 0.923. The Morgan fingerprint density at radius 2 is 2.12 bits per heavy atom. The Kier molecular flexibility index (Phi) is 3.34. The van der Waals surface area contributed by atoms with Crippen LogP contribution in [0.1, 0.15) is 31.4 Å². The molecule has 0 amide bonds. The highest BCUT2D eigenvalue weighted by molar-refractivity contribution is 5.43. The molecule has 1 atom stereocenters. The second-order valence-electron chi connectivity index (χ2n) is 4.13. The van der Waals surface area contributed by atoms with E-state index in [1.54, 1.807) is 7.11 Å². The minimum Gasteiger partial charge on any atom is -0.493 e. The number of ether oxygens (including phenoxy) is 2. The van der Waals surface area contributed by atoms with Gasteiger partial charge < -0.3 is 14.6 Å². The minimum absolute atomic E-state index is 0.356. The summed E-state index contributed by atoms with van der Waals surface area (Å²) >= 11 is 0. The fraction of sp³-hybridized carbons (Fsp3) is 0.538. The number of aliphatic hydroxyl groups excluding tert-OH is 1. The van der Waals surface area contributed by atoms with Gasteiger partial charge in [0.1, 0.15) is 0 Å². The Bertz CT molecular complexity index is 358. The molecule has 1 aromatic rings. The van der Waals surface area contributed by atoms with Gasteiger partial charge in [-0.2, -0.15) is 0 Å². The maximum Gasteiger partial charge on any atom is 0.161 e. The first-order chi connectivity index (χ1) is 7.76. The van der Waals surface area contributed by atoms with E-state index >= 15 is 0 Å². The van der Waals surface area contributed by atoms with Crippen molar-refractivity contribution in [1.29, 1.82) is 0 Å². The van der Waals surface area contributed by atoms with Crippen molar-refractivity contribution < 1.29 is 14.6 Å². The number of methoxy groups -OCH3 is 1. The Hall–Kier alpha value is -1.22. The van der Waals surface area contributed by atoms with Gasteiger partial charge in [0, 0.05) is 0 Å². The first-order valence-corrected chi connectivity index (χ1v) is 5.75. The largest absolute Gasteiger partial charge is 0.493 e. The maximum atomic E-state index is 10.0. The van der Waals surface area contributed by atoms with Crippen LogP contribution in [0.15, 0.2) is 18.2 Å². The van der Waals surface area contributed by atoms with E-state index < -0.39 is 0 Å². The molecule has 2 rings (SSSR count). The van der Waals surface area contributed by atoms with Gasteiger partial charge >= 0.3 is 0 Å². The zero-order valence-corrected chi connectivity index (χ0v) is 9.77. The maximum absolute atomic E-state index is 10.0. The molecule has 0 heterocycles. The summed E-state index contributed by atoms with van der Waals surface area (Å²) in [6.45, 7) is 2.53. The van der Waals surface area contributed by atoms with Gasteiger partial charge in [-0.05, 0) is 43.4 Å². The van der Waals surface area contributed by atoms with Crippen molar-refractivity contribution in [3.8, 4) is 11.5 Å². The molecular formula is C13H18O3. The first-order valence-electron chi connectivity index (χ1n) is 5.75. The molecule has 0 spiro atoms. The summed E-state index contributed by atoms with van der Waals surface area (Å²) in [5, 5.41) is 10.0. The molecule has 0 aromatic heterocycles. The van der Waals surface area contributed by atoms with Gasteiger partial charge in [0.05, 0.1) is 19.8 Å². The van der Waals surface area contributed by atoms with Gasteiger partial charge in [-0.1, -0.05) is 6.07 Å². The van der Waals surface area contributed by atoms with Crippen LogP contribution in [0, 0.1) is 5.92 Å². The zero-order valence-electron chi connectivity index (χ0n) is 9.77. The predicted octanol–water partition coefficient (Wildman–Crippen LogP) is 2.54. The van der Waals surface area contributed by atoms with Crippen LogP contribution in [-0.4, -0.2) is 18.8 Å². The van der Waals surface area contributed by atoms with Crippen LogP contribution < -0.4 is 9.47 Å². The molecule has 0 bridgehead atoms. The quantitative estimate of drug-likeness (QED) is 0.832. The molecule has 1 saturated carbocycles. The molecule has 3 nitrogen and oxygen atoms in total. The molecule has 0 aliphatic heterocycles. The van der Waals surface area contributed by atoms with Crippen LogP contribution in [0.3, 0.4) is 0 Å². The third kappa shape index (κ3) is 2.30. The van der Waals surface area contributed by atoms with E-state index in [0.717, 1.165) is 18.4 Å². The van der Waals surface area contributed by atoms with Crippen LogP contribution >= 0.6 is 0 Å². The van der Waals surface area contributed by atoms with Crippen molar-refractivity contribution in [2.45, 2.75) is 25.9 Å². The highest BCUT2D eigenvalue weighted by Gasteiger charge is 2.31. The number of benzene rings is 1. The second-order valence-corrected chi connectivity index (χ2v) is 4.13. The first kappa shape index (κ1) is 11.3. The Morgan fingerprint density at radius 1 is 1.38 bits per heavy atom. The highest BCUT2D eigenvalue weighted by Crippen LogP contribution is 2.42. The molecule has 1 unspecified atom stereocenters. The van der Waals surface area contributed by atoms with Gasteiger partial charge in [0.25, 0.3) is 0 Å². The van der Waals surface area contributed by atoms with E-state index in [-0.39, 0.29) is 6.10 Å². The molecule has 1 N–H and O–H groups in total. The van der Waals surface area contributed by atoms with Crippen molar-refractivity contribution in [2.24, 2.45) is 5.92 Å². The molecule has 0 saturated heterocycles. The van der Waals surface area contributed by atoms with Crippen molar-refractivity contribution in [1.82, 2.24) is 0 Å². The van der Waals surface area contributed by atoms with E-state index in [4.69, 9.17) is 9.47 Å². The number of hydrogen-bond acceptors (Lipinski definition) is 3. The smallest absolute Gasteiger partial charge is 0.161 e. The average molecular weight is 222 g/mol. The van der Waals surface area contributed by atoms with Gasteiger partial charge in [0.15, 0.2) is 11.5 Å². The lowest BCUT2D eigenvalue weighted by Crippen LogP contribution is -2.02. The van der Waals surface area contributed by atoms with Gasteiger partial charge in [-0.15, -0.1) is 0 Å².